The number of benzene rings is 1. The maximum absolute atomic E-state index is 12.1. The highest BCUT2D eigenvalue weighted by molar-refractivity contribution is 5.94. The zero-order valence-electron chi connectivity index (χ0n) is 18.3. The number of fused-ring (bicyclic) bond motifs is 3. The van der Waals surface area contributed by atoms with Crippen LogP contribution in [0.2, 0.25) is 0 Å². The number of aryl methyl sites for hydroxylation is 1. The van der Waals surface area contributed by atoms with E-state index in [1.807, 2.05) is 30.5 Å². The Hall–Kier alpha value is -2.67. The van der Waals surface area contributed by atoms with E-state index in [-0.39, 0.29) is 5.56 Å². The van der Waals surface area contributed by atoms with Crippen molar-refractivity contribution in [1.29, 1.82) is 0 Å². The first-order valence-electron chi connectivity index (χ1n) is 11.1. The lowest BCUT2D eigenvalue weighted by atomic mass is 9.94. The molecule has 30 heavy (non-hydrogen) atoms. The summed E-state index contributed by atoms with van der Waals surface area (Å²) in [6.07, 6.45) is 5.41. The topological polar surface area (TPSA) is 82.5 Å². The van der Waals surface area contributed by atoms with E-state index in [1.165, 1.54) is 12.8 Å². The molecule has 2 saturated heterocycles. The number of amides is 1. The van der Waals surface area contributed by atoms with E-state index in [0.29, 0.717) is 5.92 Å². The first-order valence-corrected chi connectivity index (χ1v) is 11.1. The zero-order chi connectivity index (χ0) is 21.5. The predicted molar refractivity (Wildman–Crippen MR) is 121 cm³/mol. The summed E-state index contributed by atoms with van der Waals surface area (Å²) in [5.74, 6) is 0.394. The van der Waals surface area contributed by atoms with Crippen LogP contribution in [0, 0.1) is 6.92 Å². The van der Waals surface area contributed by atoms with E-state index < -0.39 is 0 Å². The number of nitrogens with zero attached hydrogens (tertiary/aromatic N) is 3. The fourth-order valence-electron chi connectivity index (χ4n) is 4.21. The monoisotopic (exact) mass is 411 g/mol. The van der Waals surface area contributed by atoms with Crippen LogP contribution in [0.5, 0.6) is 0 Å². The molecule has 2 aliphatic rings. The number of rotatable bonds is 2. The molecule has 2 N–H and O–H groups in total. The highest BCUT2D eigenvalue weighted by atomic mass is 16.1. The van der Waals surface area contributed by atoms with Crippen molar-refractivity contribution in [3.63, 3.8) is 0 Å². The Morgan fingerprint density at radius 3 is 2.47 bits per heavy atom. The van der Waals surface area contributed by atoms with Crippen LogP contribution < -0.4 is 10.9 Å². The fourth-order valence-corrected chi connectivity index (χ4v) is 4.21. The van der Waals surface area contributed by atoms with Gasteiger partial charge in [-0.1, -0.05) is 26.0 Å². The van der Waals surface area contributed by atoms with E-state index in [1.54, 1.807) is 11.0 Å². The van der Waals surface area contributed by atoms with Crippen molar-refractivity contribution in [3.05, 3.63) is 45.9 Å². The third-order valence-electron chi connectivity index (χ3n) is 5.72. The molecule has 4 heterocycles. The van der Waals surface area contributed by atoms with Gasteiger partial charge in [0.1, 0.15) is 5.65 Å². The van der Waals surface area contributed by atoms with E-state index in [4.69, 9.17) is 5.10 Å². The number of aromatic nitrogens is 3. The van der Waals surface area contributed by atoms with Crippen LogP contribution in [0.3, 0.4) is 0 Å². The summed E-state index contributed by atoms with van der Waals surface area (Å²) in [6, 6.07) is 7.77. The first-order chi connectivity index (χ1) is 14.7. The molecular weight excluding hydrogens is 378 g/mol. The van der Waals surface area contributed by atoms with Gasteiger partial charge >= 0.3 is 0 Å². The molecule has 7 nitrogen and oxygen atoms in total. The number of likely N-dealkylation sites (tertiary alicyclic amines) is 1. The van der Waals surface area contributed by atoms with Gasteiger partial charge in [0.15, 0.2) is 0 Å². The van der Waals surface area contributed by atoms with Crippen LogP contribution in [0.4, 0.5) is 0 Å². The van der Waals surface area contributed by atoms with E-state index in [9.17, 15) is 9.59 Å². The molecule has 0 aliphatic carbocycles. The SMILES string of the molecule is CC.Cc1cccc2nn3c(C4CCNCC4)cc(=O)[nH]c3c12.O=CN1CCCC1. The molecule has 2 fully saturated rings. The minimum Gasteiger partial charge on any atom is -0.345 e. The van der Waals surface area contributed by atoms with Gasteiger partial charge in [-0.05, 0) is 57.3 Å². The van der Waals surface area contributed by atoms with Crippen molar-refractivity contribution < 1.29 is 4.79 Å². The maximum atomic E-state index is 12.1. The lowest BCUT2D eigenvalue weighted by molar-refractivity contribution is -0.117. The number of H-pyrrole nitrogens is 1. The van der Waals surface area contributed by atoms with Crippen molar-refractivity contribution in [3.8, 4) is 0 Å². The molecule has 5 rings (SSSR count). The van der Waals surface area contributed by atoms with Crippen LogP contribution in [0.1, 0.15) is 56.7 Å². The lowest BCUT2D eigenvalue weighted by Crippen LogP contribution is -2.28. The summed E-state index contributed by atoms with van der Waals surface area (Å²) in [5.41, 5.74) is 3.89. The molecule has 162 valence electrons. The van der Waals surface area contributed by atoms with Crippen LogP contribution >= 0.6 is 0 Å². The van der Waals surface area contributed by atoms with Gasteiger partial charge in [-0.15, -0.1) is 0 Å². The highest BCUT2D eigenvalue weighted by Crippen LogP contribution is 2.27. The normalized spacial score (nSPS) is 16.7. The summed E-state index contributed by atoms with van der Waals surface area (Å²) in [5, 5.41) is 9.13. The second kappa shape index (κ2) is 10.4. The quantitative estimate of drug-likeness (QED) is 0.635. The Bertz CT molecular complexity index is 1030. The fraction of sp³-hybridized carbons (Fsp3) is 0.522. The minimum atomic E-state index is -0.0407. The van der Waals surface area contributed by atoms with Gasteiger partial charge in [0.25, 0.3) is 5.56 Å². The van der Waals surface area contributed by atoms with Crippen molar-refractivity contribution in [2.24, 2.45) is 0 Å². The second-order valence-electron chi connectivity index (χ2n) is 7.66. The number of aromatic amines is 1. The molecule has 1 aromatic carbocycles. The van der Waals surface area contributed by atoms with Crippen molar-refractivity contribution in [2.45, 2.75) is 52.4 Å². The lowest BCUT2D eigenvalue weighted by Gasteiger charge is -2.23. The molecule has 7 heteroatoms. The van der Waals surface area contributed by atoms with Crippen LogP contribution in [-0.2, 0) is 4.79 Å². The smallest absolute Gasteiger partial charge is 0.251 e. The van der Waals surface area contributed by atoms with Crippen LogP contribution in [-0.4, -0.2) is 52.1 Å². The number of carbonyl (C=O) groups excluding carboxylic acids is 1. The molecule has 0 saturated carbocycles. The Labute approximate surface area is 177 Å². The summed E-state index contributed by atoms with van der Waals surface area (Å²) in [4.78, 5) is 26.8. The van der Waals surface area contributed by atoms with Gasteiger partial charge in [0.2, 0.25) is 6.41 Å². The van der Waals surface area contributed by atoms with Gasteiger partial charge in [-0.2, -0.15) is 5.10 Å². The van der Waals surface area contributed by atoms with Gasteiger partial charge in [0.05, 0.1) is 11.2 Å². The number of hydrogen-bond donors (Lipinski definition) is 2. The number of carbonyl (C=O) groups is 1. The van der Waals surface area contributed by atoms with Crippen LogP contribution in [0.15, 0.2) is 29.1 Å². The molecule has 0 spiro atoms. The van der Waals surface area contributed by atoms with Crippen LogP contribution in [0.25, 0.3) is 16.6 Å². The van der Waals surface area contributed by atoms with Gasteiger partial charge < -0.3 is 15.2 Å². The Kier molecular flexibility index (Phi) is 7.63. The molecule has 3 aromatic rings. The Morgan fingerprint density at radius 1 is 1.13 bits per heavy atom. The highest BCUT2D eigenvalue weighted by Gasteiger charge is 2.20. The summed E-state index contributed by atoms with van der Waals surface area (Å²) in [6.45, 7) is 10.0. The maximum Gasteiger partial charge on any atom is 0.251 e. The van der Waals surface area contributed by atoms with E-state index in [2.05, 4.69) is 23.3 Å². The average Bonchev–Trinajstić information content (AvgIpc) is 3.44. The molecule has 2 aliphatic heterocycles. The van der Waals surface area contributed by atoms with E-state index in [0.717, 1.165) is 73.2 Å². The molecule has 1 amide bonds. The van der Waals surface area contributed by atoms with Crippen molar-refractivity contribution in [1.82, 2.24) is 24.8 Å². The molecule has 0 unspecified atom stereocenters. The summed E-state index contributed by atoms with van der Waals surface area (Å²) in [7, 11) is 0. The van der Waals surface area contributed by atoms with Crippen molar-refractivity contribution in [2.75, 3.05) is 26.2 Å². The molecule has 0 atom stereocenters. The molecule has 0 bridgehead atoms. The third kappa shape index (κ3) is 4.73. The molecular formula is C23H33N5O2. The van der Waals surface area contributed by atoms with Gasteiger partial charge in [-0.3, -0.25) is 9.59 Å². The predicted octanol–water partition coefficient (Wildman–Crippen LogP) is 3.22. The number of piperidine rings is 1. The third-order valence-corrected chi connectivity index (χ3v) is 5.72. The number of hydrogen-bond acceptors (Lipinski definition) is 4. The second-order valence-corrected chi connectivity index (χ2v) is 7.66. The first kappa shape index (κ1) is 22.0. The number of nitrogens with one attached hydrogen (secondary N) is 2. The summed E-state index contributed by atoms with van der Waals surface area (Å²) < 4.78 is 1.94. The standard InChI is InChI=1S/C16H18N4O.C5H9NO.C2H6/c1-10-3-2-4-12-15(10)16-18-14(21)9-13(20(16)19-12)11-5-7-17-8-6-11;7-5-6-3-1-2-4-6;1-2/h2-4,9,11,17H,5-8H2,1H3,(H,18,21);5H,1-4H2;1-2H3. The van der Waals surface area contributed by atoms with E-state index >= 15 is 0 Å². The van der Waals surface area contributed by atoms with Gasteiger partial charge in [-0.25, -0.2) is 4.52 Å². The summed E-state index contributed by atoms with van der Waals surface area (Å²) >= 11 is 0. The molecule has 0 radical (unpaired) electrons. The Balaban J connectivity index is 0.000000241. The minimum absolute atomic E-state index is 0.0407. The van der Waals surface area contributed by atoms with Gasteiger partial charge in [0, 0.05) is 30.5 Å². The molecule has 2 aromatic heterocycles. The van der Waals surface area contributed by atoms with Crippen molar-refractivity contribution >= 4 is 23.0 Å². The largest absolute Gasteiger partial charge is 0.345 e. The average molecular weight is 412 g/mol. The Morgan fingerprint density at radius 2 is 1.83 bits per heavy atom. The zero-order valence-corrected chi connectivity index (χ0v) is 18.3.